The predicted molar refractivity (Wildman–Crippen MR) is 74.3 cm³/mol. The Bertz CT molecular complexity index is 681. The fourth-order valence-electron chi connectivity index (χ4n) is 2.53. The van der Waals surface area contributed by atoms with E-state index in [-0.39, 0.29) is 23.8 Å². The van der Waals surface area contributed by atoms with Gasteiger partial charge in [0, 0.05) is 25.1 Å². The zero-order valence-corrected chi connectivity index (χ0v) is 11.1. The van der Waals surface area contributed by atoms with Gasteiger partial charge in [0.15, 0.2) is 0 Å². The van der Waals surface area contributed by atoms with Crippen molar-refractivity contribution in [1.82, 2.24) is 5.43 Å². The molecule has 108 valence electrons. The van der Waals surface area contributed by atoms with Gasteiger partial charge in [-0.15, -0.1) is 0 Å². The summed E-state index contributed by atoms with van der Waals surface area (Å²) in [5, 5.41) is 12.8. The van der Waals surface area contributed by atoms with Crippen molar-refractivity contribution >= 4 is 29.2 Å². The van der Waals surface area contributed by atoms with Crippen LogP contribution in [0.2, 0.25) is 0 Å². The number of anilines is 1. The number of fused-ring (bicyclic) bond motifs is 1. The molecular weight excluding hydrogens is 274 g/mol. The summed E-state index contributed by atoms with van der Waals surface area (Å²) in [7, 11) is 0. The van der Waals surface area contributed by atoms with Gasteiger partial charge in [-0.3, -0.25) is 9.59 Å². The lowest BCUT2D eigenvalue weighted by Gasteiger charge is -2.20. The highest BCUT2D eigenvalue weighted by Crippen LogP contribution is 2.29. The molecule has 0 saturated carbocycles. The topological polar surface area (TPSA) is 99.1 Å². The molecule has 3 rings (SSSR count). The van der Waals surface area contributed by atoms with Crippen molar-refractivity contribution in [3.63, 3.8) is 0 Å². The van der Waals surface area contributed by atoms with Crippen LogP contribution in [0.15, 0.2) is 23.3 Å². The second kappa shape index (κ2) is 5.01. The molecule has 1 aromatic rings. The molecule has 21 heavy (non-hydrogen) atoms. The molecule has 0 bridgehead atoms. The number of aromatic carboxylic acids is 1. The SMILES string of the molecule is O=C1CCC(C(=O)N2CCc3cc(C(=O)O)ccc32)=NN1. The lowest BCUT2D eigenvalue weighted by Crippen LogP contribution is -2.39. The molecule has 7 nitrogen and oxygen atoms in total. The first-order chi connectivity index (χ1) is 10.1. The number of carboxylic acid groups (broad SMARTS) is 1. The van der Waals surface area contributed by atoms with Crippen molar-refractivity contribution in [3.05, 3.63) is 29.3 Å². The highest BCUT2D eigenvalue weighted by Gasteiger charge is 2.29. The van der Waals surface area contributed by atoms with Crippen LogP contribution in [0.5, 0.6) is 0 Å². The third kappa shape index (κ3) is 2.37. The van der Waals surface area contributed by atoms with Gasteiger partial charge in [-0.2, -0.15) is 5.10 Å². The maximum Gasteiger partial charge on any atom is 0.335 e. The van der Waals surface area contributed by atoms with E-state index in [0.717, 1.165) is 5.56 Å². The first-order valence-electron chi connectivity index (χ1n) is 6.60. The van der Waals surface area contributed by atoms with E-state index in [1.54, 1.807) is 17.0 Å². The molecule has 0 radical (unpaired) electrons. The third-order valence-electron chi connectivity index (χ3n) is 3.62. The van der Waals surface area contributed by atoms with Gasteiger partial charge < -0.3 is 10.0 Å². The largest absolute Gasteiger partial charge is 0.478 e. The number of benzene rings is 1. The lowest BCUT2D eigenvalue weighted by molar-refractivity contribution is -0.121. The van der Waals surface area contributed by atoms with E-state index in [1.807, 2.05) is 0 Å². The molecule has 1 aromatic carbocycles. The van der Waals surface area contributed by atoms with Crippen molar-refractivity contribution in [2.45, 2.75) is 19.3 Å². The van der Waals surface area contributed by atoms with Gasteiger partial charge in [0.2, 0.25) is 5.91 Å². The van der Waals surface area contributed by atoms with Gasteiger partial charge in [0.05, 0.1) is 5.56 Å². The molecule has 0 spiro atoms. The summed E-state index contributed by atoms with van der Waals surface area (Å²) in [6.45, 7) is 0.490. The van der Waals surface area contributed by atoms with Crippen molar-refractivity contribution in [3.8, 4) is 0 Å². The van der Waals surface area contributed by atoms with Crippen LogP contribution in [0.3, 0.4) is 0 Å². The number of rotatable bonds is 2. The molecule has 0 fully saturated rings. The van der Waals surface area contributed by atoms with Crippen LogP contribution < -0.4 is 10.3 Å². The third-order valence-corrected chi connectivity index (χ3v) is 3.62. The highest BCUT2D eigenvalue weighted by atomic mass is 16.4. The quantitative estimate of drug-likeness (QED) is 0.829. The number of carbonyl (C=O) groups excluding carboxylic acids is 2. The Hall–Kier alpha value is -2.70. The number of carboxylic acids is 1. The van der Waals surface area contributed by atoms with Crippen LogP contribution in [0.4, 0.5) is 5.69 Å². The Balaban J connectivity index is 1.86. The number of carbonyl (C=O) groups is 3. The van der Waals surface area contributed by atoms with Crippen molar-refractivity contribution in [2.75, 3.05) is 11.4 Å². The van der Waals surface area contributed by atoms with Crippen LogP contribution in [-0.4, -0.2) is 35.1 Å². The van der Waals surface area contributed by atoms with Gasteiger partial charge in [-0.05, 0) is 30.2 Å². The van der Waals surface area contributed by atoms with Gasteiger partial charge in [-0.25, -0.2) is 10.2 Å². The van der Waals surface area contributed by atoms with Crippen LogP contribution in [0, 0.1) is 0 Å². The second-order valence-electron chi connectivity index (χ2n) is 4.95. The number of hydrazone groups is 1. The number of nitrogens with one attached hydrogen (secondary N) is 1. The van der Waals surface area contributed by atoms with E-state index >= 15 is 0 Å². The zero-order chi connectivity index (χ0) is 15.0. The molecule has 2 aliphatic heterocycles. The number of hydrogen-bond donors (Lipinski definition) is 2. The summed E-state index contributed by atoms with van der Waals surface area (Å²) in [4.78, 5) is 36.0. The average Bonchev–Trinajstić information content (AvgIpc) is 2.90. The summed E-state index contributed by atoms with van der Waals surface area (Å²) in [5.41, 5.74) is 4.39. The van der Waals surface area contributed by atoms with E-state index in [1.165, 1.54) is 6.07 Å². The molecule has 0 unspecified atom stereocenters. The van der Waals surface area contributed by atoms with Gasteiger partial charge in [0.1, 0.15) is 5.71 Å². The maximum absolute atomic E-state index is 12.4. The number of amides is 2. The molecule has 0 aromatic heterocycles. The molecular formula is C14H13N3O4. The minimum absolute atomic E-state index is 0.195. The number of nitrogens with zero attached hydrogens (tertiary/aromatic N) is 2. The standard InChI is InChI=1S/C14H13N3O4/c18-12-4-2-10(15-16-12)13(19)17-6-5-8-7-9(14(20)21)1-3-11(8)17/h1,3,7H,2,4-6H2,(H,16,18)(H,20,21). The smallest absolute Gasteiger partial charge is 0.335 e. The monoisotopic (exact) mass is 287 g/mol. The molecule has 2 aliphatic rings. The lowest BCUT2D eigenvalue weighted by atomic mass is 10.1. The first-order valence-corrected chi connectivity index (χ1v) is 6.60. The zero-order valence-electron chi connectivity index (χ0n) is 11.1. The van der Waals surface area contributed by atoms with Crippen LogP contribution in [0.25, 0.3) is 0 Å². The summed E-state index contributed by atoms with van der Waals surface area (Å²) < 4.78 is 0. The van der Waals surface area contributed by atoms with Crippen LogP contribution >= 0.6 is 0 Å². The molecule has 2 amide bonds. The van der Waals surface area contributed by atoms with Crippen LogP contribution in [-0.2, 0) is 16.0 Å². The first kappa shape index (κ1) is 13.3. The molecule has 0 atom stereocenters. The van der Waals surface area contributed by atoms with E-state index < -0.39 is 5.97 Å². The van der Waals surface area contributed by atoms with Gasteiger partial charge in [-0.1, -0.05) is 0 Å². The summed E-state index contributed by atoms with van der Waals surface area (Å²) in [5.74, 6) is -1.42. The van der Waals surface area contributed by atoms with E-state index in [4.69, 9.17) is 5.11 Å². The highest BCUT2D eigenvalue weighted by molar-refractivity contribution is 6.44. The molecule has 2 heterocycles. The second-order valence-corrected chi connectivity index (χ2v) is 4.95. The maximum atomic E-state index is 12.4. The van der Waals surface area contributed by atoms with Crippen LogP contribution in [0.1, 0.15) is 28.8 Å². The fraction of sp³-hybridized carbons (Fsp3) is 0.286. The predicted octanol–water partition coefficient (Wildman–Crippen LogP) is 0.540. The minimum Gasteiger partial charge on any atom is -0.478 e. The van der Waals surface area contributed by atoms with Gasteiger partial charge >= 0.3 is 5.97 Å². The Kier molecular flexibility index (Phi) is 3.17. The molecule has 0 aliphatic carbocycles. The summed E-state index contributed by atoms with van der Waals surface area (Å²) in [6, 6.07) is 4.72. The average molecular weight is 287 g/mol. The Morgan fingerprint density at radius 1 is 1.24 bits per heavy atom. The Morgan fingerprint density at radius 3 is 2.71 bits per heavy atom. The normalized spacial score (nSPS) is 17.0. The van der Waals surface area contributed by atoms with Crippen molar-refractivity contribution in [2.24, 2.45) is 5.10 Å². The molecule has 2 N–H and O–H groups in total. The van der Waals surface area contributed by atoms with E-state index in [0.29, 0.717) is 30.8 Å². The number of hydrogen-bond acceptors (Lipinski definition) is 4. The van der Waals surface area contributed by atoms with E-state index in [2.05, 4.69) is 10.5 Å². The Morgan fingerprint density at radius 2 is 2.05 bits per heavy atom. The van der Waals surface area contributed by atoms with E-state index in [9.17, 15) is 14.4 Å². The fourth-order valence-corrected chi connectivity index (χ4v) is 2.53. The Labute approximate surface area is 120 Å². The van der Waals surface area contributed by atoms with Crippen molar-refractivity contribution < 1.29 is 19.5 Å². The van der Waals surface area contributed by atoms with Crippen molar-refractivity contribution in [1.29, 1.82) is 0 Å². The molecule has 7 heteroatoms. The molecule has 0 saturated heterocycles. The minimum atomic E-state index is -0.984. The summed E-state index contributed by atoms with van der Waals surface area (Å²) >= 11 is 0. The van der Waals surface area contributed by atoms with Gasteiger partial charge in [0.25, 0.3) is 5.91 Å². The summed E-state index contributed by atoms with van der Waals surface area (Å²) in [6.07, 6.45) is 1.19.